The Morgan fingerprint density at radius 2 is 1.45 bits per heavy atom. The second-order valence-electron chi connectivity index (χ2n) is 4.80. The molecule has 102 valence electrons. The van der Waals surface area contributed by atoms with E-state index >= 15 is 0 Å². The van der Waals surface area contributed by atoms with Crippen molar-refractivity contribution < 1.29 is 9.90 Å². The number of hydrogen-bond donors (Lipinski definition) is 1. The molecule has 0 aliphatic heterocycles. The Morgan fingerprint density at radius 3 is 1.85 bits per heavy atom. The van der Waals surface area contributed by atoms with Crippen LogP contribution in [0.4, 0.5) is 0 Å². The standard InChI is InChI=1S/C18H18O2/c1-14(18(19)20)12-13-17(15-8-4-2-5-9-15)16-10-6-3-7-11-16/h2-12,17H,13H2,1H3,(H,19,20). The molecule has 2 nitrogen and oxygen atoms in total. The number of benzene rings is 2. The summed E-state index contributed by atoms with van der Waals surface area (Å²) in [6.07, 6.45) is 2.49. The largest absolute Gasteiger partial charge is 0.478 e. The van der Waals surface area contributed by atoms with Gasteiger partial charge in [-0.15, -0.1) is 0 Å². The summed E-state index contributed by atoms with van der Waals surface area (Å²) < 4.78 is 0. The third-order valence-electron chi connectivity index (χ3n) is 3.40. The van der Waals surface area contributed by atoms with Crippen LogP contribution in [0.5, 0.6) is 0 Å². The number of allylic oxidation sites excluding steroid dienone is 1. The fourth-order valence-corrected chi connectivity index (χ4v) is 2.22. The number of carboxylic acids is 1. The molecule has 0 unspecified atom stereocenters. The fraction of sp³-hybridized carbons (Fsp3) is 0.167. The molecule has 0 aromatic heterocycles. The highest BCUT2D eigenvalue weighted by Crippen LogP contribution is 2.28. The molecule has 0 fully saturated rings. The molecular formula is C18H18O2. The lowest BCUT2D eigenvalue weighted by molar-refractivity contribution is -0.132. The molecule has 0 bridgehead atoms. The van der Waals surface area contributed by atoms with Crippen LogP contribution in [0.15, 0.2) is 72.3 Å². The van der Waals surface area contributed by atoms with Gasteiger partial charge >= 0.3 is 5.97 Å². The van der Waals surface area contributed by atoms with E-state index in [2.05, 4.69) is 24.3 Å². The van der Waals surface area contributed by atoms with Gasteiger partial charge in [0.15, 0.2) is 0 Å². The molecule has 0 spiro atoms. The lowest BCUT2D eigenvalue weighted by Gasteiger charge is -2.16. The molecule has 2 rings (SSSR count). The number of carbonyl (C=O) groups is 1. The summed E-state index contributed by atoms with van der Waals surface area (Å²) in [5, 5.41) is 8.97. The zero-order valence-corrected chi connectivity index (χ0v) is 11.5. The van der Waals surface area contributed by atoms with Gasteiger partial charge < -0.3 is 5.11 Å². The van der Waals surface area contributed by atoms with Crippen LogP contribution >= 0.6 is 0 Å². The second kappa shape index (κ2) is 6.71. The van der Waals surface area contributed by atoms with Gasteiger partial charge in [0.05, 0.1) is 0 Å². The van der Waals surface area contributed by atoms with Crippen molar-refractivity contribution in [1.29, 1.82) is 0 Å². The van der Waals surface area contributed by atoms with Gasteiger partial charge in [-0.3, -0.25) is 0 Å². The van der Waals surface area contributed by atoms with E-state index in [0.717, 1.165) is 0 Å². The van der Waals surface area contributed by atoms with Crippen molar-refractivity contribution in [3.05, 3.63) is 83.4 Å². The van der Waals surface area contributed by atoms with Gasteiger partial charge in [-0.05, 0) is 24.5 Å². The number of rotatable bonds is 5. The molecule has 2 heteroatoms. The third kappa shape index (κ3) is 3.58. The van der Waals surface area contributed by atoms with E-state index in [-0.39, 0.29) is 5.92 Å². The van der Waals surface area contributed by atoms with E-state index in [4.69, 9.17) is 5.11 Å². The van der Waals surface area contributed by atoms with E-state index < -0.39 is 5.97 Å². The maximum Gasteiger partial charge on any atom is 0.330 e. The normalized spacial score (nSPS) is 11.6. The topological polar surface area (TPSA) is 37.3 Å². The van der Waals surface area contributed by atoms with Crippen molar-refractivity contribution in [2.45, 2.75) is 19.3 Å². The highest BCUT2D eigenvalue weighted by atomic mass is 16.4. The van der Waals surface area contributed by atoms with Crippen molar-refractivity contribution in [3.63, 3.8) is 0 Å². The predicted molar refractivity (Wildman–Crippen MR) is 80.7 cm³/mol. The summed E-state index contributed by atoms with van der Waals surface area (Å²) in [4.78, 5) is 10.9. The van der Waals surface area contributed by atoms with Gasteiger partial charge in [-0.25, -0.2) is 4.79 Å². The first-order chi connectivity index (χ1) is 9.68. The van der Waals surface area contributed by atoms with Crippen LogP contribution in [0.25, 0.3) is 0 Å². The van der Waals surface area contributed by atoms with E-state index in [9.17, 15) is 4.79 Å². The molecule has 0 amide bonds. The van der Waals surface area contributed by atoms with Gasteiger partial charge in [0, 0.05) is 11.5 Å². The minimum absolute atomic E-state index is 0.187. The summed E-state index contributed by atoms with van der Waals surface area (Å²) in [5.41, 5.74) is 2.79. The lowest BCUT2D eigenvalue weighted by Crippen LogP contribution is -2.02. The maximum atomic E-state index is 10.9. The molecule has 0 heterocycles. The molecule has 0 radical (unpaired) electrons. The van der Waals surface area contributed by atoms with E-state index in [1.165, 1.54) is 11.1 Å². The fourth-order valence-electron chi connectivity index (χ4n) is 2.22. The van der Waals surface area contributed by atoms with Gasteiger partial charge in [-0.1, -0.05) is 66.7 Å². The quantitative estimate of drug-likeness (QED) is 0.822. The zero-order chi connectivity index (χ0) is 14.4. The van der Waals surface area contributed by atoms with Crippen LogP contribution in [0.1, 0.15) is 30.4 Å². The van der Waals surface area contributed by atoms with Gasteiger partial charge in [0.25, 0.3) is 0 Å². The van der Waals surface area contributed by atoms with Gasteiger partial charge in [-0.2, -0.15) is 0 Å². The van der Waals surface area contributed by atoms with E-state index in [0.29, 0.717) is 12.0 Å². The Hall–Kier alpha value is -2.35. The van der Waals surface area contributed by atoms with Crippen LogP contribution < -0.4 is 0 Å². The SMILES string of the molecule is CC(=CCC(c1ccccc1)c1ccccc1)C(=O)O. The predicted octanol–water partition coefficient (Wildman–Crippen LogP) is 4.24. The van der Waals surface area contributed by atoms with Crippen molar-refractivity contribution in [2.24, 2.45) is 0 Å². The summed E-state index contributed by atoms with van der Waals surface area (Å²) in [6, 6.07) is 20.4. The molecule has 0 atom stereocenters. The van der Waals surface area contributed by atoms with Gasteiger partial charge in [0.2, 0.25) is 0 Å². The Labute approximate surface area is 119 Å². The second-order valence-corrected chi connectivity index (χ2v) is 4.80. The molecule has 20 heavy (non-hydrogen) atoms. The number of carboxylic acid groups (broad SMARTS) is 1. The third-order valence-corrected chi connectivity index (χ3v) is 3.40. The van der Waals surface area contributed by atoms with Crippen molar-refractivity contribution in [1.82, 2.24) is 0 Å². The van der Waals surface area contributed by atoms with E-state index in [1.54, 1.807) is 13.0 Å². The van der Waals surface area contributed by atoms with Crippen LogP contribution in [-0.2, 0) is 4.79 Å². The van der Waals surface area contributed by atoms with Crippen LogP contribution in [0, 0.1) is 0 Å². The minimum Gasteiger partial charge on any atom is -0.478 e. The smallest absolute Gasteiger partial charge is 0.330 e. The molecule has 0 saturated heterocycles. The van der Waals surface area contributed by atoms with Crippen molar-refractivity contribution in [2.75, 3.05) is 0 Å². The van der Waals surface area contributed by atoms with Crippen molar-refractivity contribution >= 4 is 5.97 Å². The van der Waals surface area contributed by atoms with Crippen LogP contribution in [0.2, 0.25) is 0 Å². The Kier molecular flexibility index (Phi) is 4.72. The summed E-state index contributed by atoms with van der Waals surface area (Å²) >= 11 is 0. The monoisotopic (exact) mass is 266 g/mol. The lowest BCUT2D eigenvalue weighted by atomic mass is 9.88. The highest BCUT2D eigenvalue weighted by Gasteiger charge is 2.13. The van der Waals surface area contributed by atoms with Crippen LogP contribution in [0.3, 0.4) is 0 Å². The number of hydrogen-bond acceptors (Lipinski definition) is 1. The maximum absolute atomic E-state index is 10.9. The first-order valence-corrected chi connectivity index (χ1v) is 6.68. The highest BCUT2D eigenvalue weighted by molar-refractivity contribution is 5.85. The molecule has 0 aliphatic carbocycles. The molecule has 0 saturated carbocycles. The van der Waals surface area contributed by atoms with Crippen LogP contribution in [-0.4, -0.2) is 11.1 Å². The molecule has 1 N–H and O–H groups in total. The molecule has 2 aromatic rings. The average Bonchev–Trinajstić information content (AvgIpc) is 2.49. The first kappa shape index (κ1) is 14.1. The van der Waals surface area contributed by atoms with Gasteiger partial charge in [0.1, 0.15) is 0 Å². The first-order valence-electron chi connectivity index (χ1n) is 6.68. The zero-order valence-electron chi connectivity index (χ0n) is 11.5. The molecule has 2 aromatic carbocycles. The Morgan fingerprint density at radius 1 is 1.00 bits per heavy atom. The average molecular weight is 266 g/mol. The van der Waals surface area contributed by atoms with Crippen molar-refractivity contribution in [3.8, 4) is 0 Å². The Bertz CT molecular complexity index is 546. The summed E-state index contributed by atoms with van der Waals surface area (Å²) in [6.45, 7) is 1.63. The summed E-state index contributed by atoms with van der Waals surface area (Å²) in [5.74, 6) is -0.670. The number of aliphatic carboxylic acids is 1. The molecule has 0 aliphatic rings. The molecular weight excluding hydrogens is 248 g/mol. The Balaban J connectivity index is 2.31. The summed E-state index contributed by atoms with van der Waals surface area (Å²) in [7, 11) is 0. The van der Waals surface area contributed by atoms with E-state index in [1.807, 2.05) is 36.4 Å². The minimum atomic E-state index is -0.857.